The number of hydrogen-bond donors (Lipinski definition) is 0. The predicted molar refractivity (Wildman–Crippen MR) is 92.7 cm³/mol. The van der Waals surface area contributed by atoms with Gasteiger partial charge in [-0.1, -0.05) is 64.7 Å². The summed E-state index contributed by atoms with van der Waals surface area (Å²) in [6.45, 7) is 10.2. The Morgan fingerprint density at radius 3 is 1.95 bits per heavy atom. The molecule has 0 aromatic heterocycles. The minimum atomic E-state index is -1.30. The zero-order valence-electron chi connectivity index (χ0n) is 14.5. The van der Waals surface area contributed by atoms with E-state index in [1.165, 1.54) is 70.6 Å². The van der Waals surface area contributed by atoms with E-state index >= 15 is 0 Å². The maximum absolute atomic E-state index is 6.08. The van der Waals surface area contributed by atoms with Crippen molar-refractivity contribution >= 4 is 8.32 Å². The molecule has 0 saturated heterocycles. The van der Waals surface area contributed by atoms with Gasteiger partial charge in [0.25, 0.3) is 0 Å². The summed E-state index contributed by atoms with van der Waals surface area (Å²) in [5.41, 5.74) is 0. The van der Waals surface area contributed by atoms with Gasteiger partial charge in [0.2, 0.25) is 0 Å². The minimum absolute atomic E-state index is 0.863. The molecule has 1 fully saturated rings. The summed E-state index contributed by atoms with van der Waals surface area (Å²) in [5.74, 6) is 1.90. The van der Waals surface area contributed by atoms with Gasteiger partial charge in [0.1, 0.15) is 0 Å². The molecule has 0 unspecified atom stereocenters. The zero-order valence-corrected chi connectivity index (χ0v) is 15.5. The Kier molecular flexibility index (Phi) is 9.11. The molecule has 0 radical (unpaired) electrons. The fourth-order valence-electron chi connectivity index (χ4n) is 3.27. The van der Waals surface area contributed by atoms with E-state index in [0.717, 1.165) is 18.4 Å². The van der Waals surface area contributed by atoms with Crippen molar-refractivity contribution in [1.29, 1.82) is 0 Å². The molecule has 0 amide bonds. The fraction of sp³-hybridized carbons (Fsp3) is 1.00. The molecule has 0 bridgehead atoms. The highest BCUT2D eigenvalue weighted by Gasteiger charge is 2.23. The van der Waals surface area contributed by atoms with Crippen LogP contribution in [0.2, 0.25) is 19.6 Å². The fourth-order valence-corrected chi connectivity index (χ4v) is 4.00. The molecule has 0 aliphatic heterocycles. The smallest absolute Gasteiger partial charge is 0.183 e. The molecule has 1 rings (SSSR count). The highest BCUT2D eigenvalue weighted by molar-refractivity contribution is 6.69. The normalized spacial score (nSPS) is 24.0. The van der Waals surface area contributed by atoms with E-state index in [0.29, 0.717) is 0 Å². The van der Waals surface area contributed by atoms with Crippen LogP contribution in [0.15, 0.2) is 0 Å². The van der Waals surface area contributed by atoms with E-state index in [9.17, 15) is 0 Å². The molecule has 1 aliphatic rings. The van der Waals surface area contributed by atoms with Crippen molar-refractivity contribution in [2.75, 3.05) is 6.61 Å². The number of hydrogen-bond acceptors (Lipinski definition) is 1. The van der Waals surface area contributed by atoms with Gasteiger partial charge in [-0.25, -0.2) is 0 Å². The molecule has 1 saturated carbocycles. The third-order valence-electron chi connectivity index (χ3n) is 4.68. The second kappa shape index (κ2) is 10.00. The van der Waals surface area contributed by atoms with Crippen LogP contribution >= 0.6 is 0 Å². The lowest BCUT2D eigenvalue weighted by atomic mass is 9.80. The molecule has 0 N–H and O–H groups in total. The van der Waals surface area contributed by atoms with Gasteiger partial charge in [0.05, 0.1) is 0 Å². The van der Waals surface area contributed by atoms with Crippen molar-refractivity contribution in [3.63, 3.8) is 0 Å². The summed E-state index contributed by atoms with van der Waals surface area (Å²) in [6, 6.07) is 0. The Bertz CT molecular complexity index is 226. The highest BCUT2D eigenvalue weighted by atomic mass is 28.4. The largest absolute Gasteiger partial charge is 0.417 e. The maximum Gasteiger partial charge on any atom is 0.183 e. The molecule has 2 heteroatoms. The van der Waals surface area contributed by atoms with Gasteiger partial charge in [0, 0.05) is 6.61 Å². The number of rotatable bonds is 10. The molecule has 0 spiro atoms. The van der Waals surface area contributed by atoms with Crippen LogP contribution < -0.4 is 0 Å². The van der Waals surface area contributed by atoms with Crippen LogP contribution in [0.3, 0.4) is 0 Å². The third kappa shape index (κ3) is 9.18. The Hall–Kier alpha value is 0.177. The second-order valence-corrected chi connectivity index (χ2v) is 12.4. The highest BCUT2D eigenvalue weighted by Crippen LogP contribution is 2.32. The molecular weight excluding hydrogens is 260 g/mol. The summed E-state index contributed by atoms with van der Waals surface area (Å²) in [7, 11) is -1.30. The summed E-state index contributed by atoms with van der Waals surface area (Å²) in [4.78, 5) is 0. The molecule has 0 atom stereocenters. The monoisotopic (exact) mass is 298 g/mol. The molecule has 0 heterocycles. The third-order valence-corrected chi connectivity index (χ3v) is 5.72. The SMILES string of the molecule is CCCCCCCCC1CCC(CO[Si](C)(C)C)CC1. The van der Waals surface area contributed by atoms with Crippen LogP contribution in [0.5, 0.6) is 0 Å². The first-order chi connectivity index (χ1) is 9.51. The van der Waals surface area contributed by atoms with Crippen molar-refractivity contribution < 1.29 is 4.43 Å². The standard InChI is InChI=1S/C18H38OSi/c1-5-6-7-8-9-10-11-17-12-14-18(15-13-17)16-19-20(2,3)4/h17-18H,5-16H2,1-4H3. The van der Waals surface area contributed by atoms with E-state index in [1.807, 2.05) is 0 Å². The van der Waals surface area contributed by atoms with Gasteiger partial charge < -0.3 is 4.43 Å². The van der Waals surface area contributed by atoms with Crippen molar-refractivity contribution in [2.45, 2.75) is 97.2 Å². The van der Waals surface area contributed by atoms with Crippen LogP contribution in [-0.4, -0.2) is 14.9 Å². The van der Waals surface area contributed by atoms with Crippen LogP contribution in [-0.2, 0) is 4.43 Å². The van der Waals surface area contributed by atoms with E-state index in [-0.39, 0.29) is 0 Å². The molecule has 1 nitrogen and oxygen atoms in total. The zero-order chi connectivity index (χ0) is 14.8. The van der Waals surface area contributed by atoms with Gasteiger partial charge in [-0.05, 0) is 44.3 Å². The summed E-state index contributed by atoms with van der Waals surface area (Å²) >= 11 is 0. The van der Waals surface area contributed by atoms with Crippen molar-refractivity contribution in [1.82, 2.24) is 0 Å². The number of unbranched alkanes of at least 4 members (excludes halogenated alkanes) is 5. The van der Waals surface area contributed by atoms with Gasteiger partial charge in [0.15, 0.2) is 8.32 Å². The molecule has 120 valence electrons. The van der Waals surface area contributed by atoms with E-state index in [1.54, 1.807) is 0 Å². The lowest BCUT2D eigenvalue weighted by Gasteiger charge is -2.30. The summed E-state index contributed by atoms with van der Waals surface area (Å²) in [5, 5.41) is 0. The Morgan fingerprint density at radius 2 is 1.35 bits per heavy atom. The van der Waals surface area contributed by atoms with E-state index in [2.05, 4.69) is 26.6 Å². The van der Waals surface area contributed by atoms with Crippen molar-refractivity contribution in [3.8, 4) is 0 Å². The van der Waals surface area contributed by atoms with Gasteiger partial charge in [-0.15, -0.1) is 0 Å². The van der Waals surface area contributed by atoms with E-state index in [4.69, 9.17) is 4.43 Å². The maximum atomic E-state index is 6.08. The summed E-state index contributed by atoms with van der Waals surface area (Å²) < 4.78 is 6.08. The lowest BCUT2D eigenvalue weighted by molar-refractivity contribution is 0.173. The van der Waals surface area contributed by atoms with Crippen LogP contribution in [0.4, 0.5) is 0 Å². The molecule has 20 heavy (non-hydrogen) atoms. The summed E-state index contributed by atoms with van der Waals surface area (Å²) in [6.07, 6.45) is 15.9. The van der Waals surface area contributed by atoms with E-state index < -0.39 is 8.32 Å². The van der Waals surface area contributed by atoms with Gasteiger partial charge in [-0.3, -0.25) is 0 Å². The lowest BCUT2D eigenvalue weighted by Crippen LogP contribution is -2.30. The molecule has 0 aromatic carbocycles. The van der Waals surface area contributed by atoms with Gasteiger partial charge >= 0.3 is 0 Å². The second-order valence-electron chi connectivity index (χ2n) is 7.87. The van der Waals surface area contributed by atoms with Gasteiger partial charge in [-0.2, -0.15) is 0 Å². The van der Waals surface area contributed by atoms with Crippen LogP contribution in [0, 0.1) is 11.8 Å². The average Bonchev–Trinajstić information content (AvgIpc) is 2.41. The first kappa shape index (κ1) is 18.2. The molecule has 1 aliphatic carbocycles. The van der Waals surface area contributed by atoms with Crippen molar-refractivity contribution in [2.24, 2.45) is 11.8 Å². The topological polar surface area (TPSA) is 9.23 Å². The van der Waals surface area contributed by atoms with Crippen LogP contribution in [0.1, 0.15) is 77.6 Å². The first-order valence-corrected chi connectivity index (χ1v) is 12.6. The molecular formula is C18H38OSi. The predicted octanol–water partition coefficient (Wildman–Crippen LogP) is 6.39. The minimum Gasteiger partial charge on any atom is -0.417 e. The Balaban J connectivity index is 1.99. The molecule has 0 aromatic rings. The van der Waals surface area contributed by atoms with Crippen LogP contribution in [0.25, 0.3) is 0 Å². The first-order valence-electron chi connectivity index (χ1n) is 9.15. The Morgan fingerprint density at radius 1 is 0.800 bits per heavy atom. The Labute approximate surface area is 129 Å². The average molecular weight is 299 g/mol. The quantitative estimate of drug-likeness (QED) is 0.335. The van der Waals surface area contributed by atoms with Crippen molar-refractivity contribution in [3.05, 3.63) is 0 Å².